The average Bonchev–Trinajstić information content (AvgIpc) is 1.99. The lowest BCUT2D eigenvalue weighted by atomic mass is 9.86. The van der Waals surface area contributed by atoms with Gasteiger partial charge in [-0.2, -0.15) is 0 Å². The number of methoxy groups -OCH3 is 1. The number of fused-ring (bicyclic) bond motifs is 1. The zero-order valence-electron chi connectivity index (χ0n) is 7.29. The zero-order valence-corrected chi connectivity index (χ0v) is 7.29. The fraction of sp³-hybridized carbons (Fsp3) is 1.00. The fourth-order valence-corrected chi connectivity index (χ4v) is 2.03. The molecule has 11 heavy (non-hydrogen) atoms. The summed E-state index contributed by atoms with van der Waals surface area (Å²) < 4.78 is 5.03. The lowest BCUT2D eigenvalue weighted by Crippen LogP contribution is -2.77. The number of likely N-dealkylation sites (N-methyl/N-ethyl adjacent to an activating group) is 1. The van der Waals surface area contributed by atoms with Gasteiger partial charge >= 0.3 is 0 Å². The van der Waals surface area contributed by atoms with Gasteiger partial charge in [-0.25, -0.2) is 0 Å². The molecule has 2 aliphatic rings. The Bertz CT molecular complexity index is 149. The third-order valence-corrected chi connectivity index (χ3v) is 2.96. The number of ether oxygens (including phenoxy) is 1. The van der Waals surface area contributed by atoms with Crippen molar-refractivity contribution in [1.82, 2.24) is 9.80 Å². The molecule has 2 rings (SSSR count). The summed E-state index contributed by atoms with van der Waals surface area (Å²) in [5, 5.41) is 0. The highest BCUT2D eigenvalue weighted by molar-refractivity contribution is 5.06. The Balaban J connectivity index is 1.69. The predicted molar refractivity (Wildman–Crippen MR) is 43.7 cm³/mol. The summed E-state index contributed by atoms with van der Waals surface area (Å²) in [6.45, 7) is 4.51. The highest BCUT2D eigenvalue weighted by Crippen LogP contribution is 2.31. The van der Waals surface area contributed by atoms with Crippen LogP contribution in [-0.2, 0) is 4.74 Å². The van der Waals surface area contributed by atoms with Crippen molar-refractivity contribution in [2.24, 2.45) is 0 Å². The second kappa shape index (κ2) is 2.73. The Morgan fingerprint density at radius 3 is 2.64 bits per heavy atom. The van der Waals surface area contributed by atoms with Crippen LogP contribution in [0, 0.1) is 0 Å². The van der Waals surface area contributed by atoms with E-state index in [9.17, 15) is 0 Å². The zero-order chi connectivity index (χ0) is 7.84. The third-order valence-electron chi connectivity index (χ3n) is 2.96. The van der Waals surface area contributed by atoms with Gasteiger partial charge in [-0.3, -0.25) is 9.80 Å². The molecule has 3 heteroatoms. The van der Waals surface area contributed by atoms with E-state index in [4.69, 9.17) is 4.74 Å². The van der Waals surface area contributed by atoms with Crippen LogP contribution in [0.25, 0.3) is 0 Å². The first-order chi connectivity index (χ1) is 5.33. The summed E-state index contributed by atoms with van der Waals surface area (Å²) in [6.07, 6.45) is 0. The number of hydrogen-bond acceptors (Lipinski definition) is 3. The number of rotatable bonds is 3. The highest BCUT2D eigenvalue weighted by Gasteiger charge is 2.48. The Hall–Kier alpha value is -0.120. The molecule has 2 aliphatic heterocycles. The first-order valence-corrected chi connectivity index (χ1v) is 4.26. The van der Waals surface area contributed by atoms with Gasteiger partial charge in [-0.1, -0.05) is 0 Å². The molecule has 0 aromatic heterocycles. The summed E-state index contributed by atoms with van der Waals surface area (Å²) in [5.74, 6) is 0. The molecule has 0 saturated carbocycles. The first-order valence-electron chi connectivity index (χ1n) is 4.26. The van der Waals surface area contributed by atoms with Gasteiger partial charge in [0.2, 0.25) is 0 Å². The second-order valence-electron chi connectivity index (χ2n) is 3.56. The molecule has 64 valence electrons. The monoisotopic (exact) mass is 156 g/mol. The molecule has 0 aromatic rings. The van der Waals surface area contributed by atoms with Crippen LogP contribution >= 0.6 is 0 Å². The van der Waals surface area contributed by atoms with Gasteiger partial charge < -0.3 is 4.74 Å². The molecule has 3 nitrogen and oxygen atoms in total. The molecule has 0 N–H and O–H groups in total. The Labute approximate surface area is 67.9 Å². The van der Waals surface area contributed by atoms with Crippen molar-refractivity contribution in [2.75, 3.05) is 40.4 Å². The van der Waals surface area contributed by atoms with Crippen molar-refractivity contribution in [1.29, 1.82) is 0 Å². The van der Waals surface area contributed by atoms with Gasteiger partial charge in [0.15, 0.2) is 0 Å². The molecule has 0 spiro atoms. The lowest BCUT2D eigenvalue weighted by molar-refractivity contribution is -0.116. The molecule has 0 amide bonds. The summed E-state index contributed by atoms with van der Waals surface area (Å²) in [6, 6.07) is 1.72. The van der Waals surface area contributed by atoms with Crippen molar-refractivity contribution >= 4 is 0 Å². The van der Waals surface area contributed by atoms with Crippen molar-refractivity contribution in [3.05, 3.63) is 0 Å². The van der Waals surface area contributed by atoms with Crippen LogP contribution in [0.4, 0.5) is 0 Å². The smallest absolute Gasteiger partial charge is 0.0589 e. The maximum atomic E-state index is 5.03. The summed E-state index contributed by atoms with van der Waals surface area (Å²) >= 11 is 0. The van der Waals surface area contributed by atoms with Crippen molar-refractivity contribution < 1.29 is 4.74 Å². The molecule has 0 aromatic carbocycles. The predicted octanol–water partition coefficient (Wildman–Crippen LogP) is -0.369. The maximum absolute atomic E-state index is 5.03. The fourth-order valence-electron chi connectivity index (χ4n) is 2.03. The number of nitrogens with zero attached hydrogens (tertiary/aromatic N) is 2. The Kier molecular flexibility index (Phi) is 1.87. The van der Waals surface area contributed by atoms with E-state index in [0.29, 0.717) is 0 Å². The van der Waals surface area contributed by atoms with E-state index in [1.807, 2.05) is 0 Å². The van der Waals surface area contributed by atoms with E-state index < -0.39 is 0 Å². The minimum absolute atomic E-state index is 0.857. The van der Waals surface area contributed by atoms with Crippen LogP contribution in [0.2, 0.25) is 0 Å². The lowest BCUT2D eigenvalue weighted by Gasteiger charge is -2.61. The van der Waals surface area contributed by atoms with Crippen LogP contribution < -0.4 is 0 Å². The summed E-state index contributed by atoms with van der Waals surface area (Å²) in [4.78, 5) is 4.93. The van der Waals surface area contributed by atoms with Crippen LogP contribution in [0.1, 0.15) is 0 Å². The molecule has 2 atom stereocenters. The molecule has 0 bridgehead atoms. The van der Waals surface area contributed by atoms with E-state index in [1.165, 1.54) is 13.1 Å². The molecule has 0 aliphatic carbocycles. The number of likely N-dealkylation sites (tertiary alicyclic amines) is 2. The minimum Gasteiger partial charge on any atom is -0.383 e. The first kappa shape index (κ1) is 7.53. The highest BCUT2D eigenvalue weighted by atomic mass is 16.5. The van der Waals surface area contributed by atoms with E-state index in [-0.39, 0.29) is 0 Å². The summed E-state index contributed by atoms with van der Waals surface area (Å²) in [7, 11) is 3.97. The van der Waals surface area contributed by atoms with Gasteiger partial charge in [-0.15, -0.1) is 0 Å². The van der Waals surface area contributed by atoms with Crippen LogP contribution in [0.3, 0.4) is 0 Å². The van der Waals surface area contributed by atoms with E-state index in [1.54, 1.807) is 7.11 Å². The second-order valence-corrected chi connectivity index (χ2v) is 3.56. The molecular formula is C8H16N2O. The van der Waals surface area contributed by atoms with Crippen molar-refractivity contribution in [2.45, 2.75) is 12.1 Å². The molecule has 2 unspecified atom stereocenters. The van der Waals surface area contributed by atoms with E-state index >= 15 is 0 Å². The van der Waals surface area contributed by atoms with Crippen molar-refractivity contribution in [3.8, 4) is 0 Å². The minimum atomic E-state index is 0.857. The van der Waals surface area contributed by atoms with Crippen molar-refractivity contribution in [3.63, 3.8) is 0 Å². The molecule has 2 heterocycles. The maximum Gasteiger partial charge on any atom is 0.0589 e. The topological polar surface area (TPSA) is 15.7 Å². The third kappa shape index (κ3) is 1.08. The largest absolute Gasteiger partial charge is 0.383 e. The van der Waals surface area contributed by atoms with Gasteiger partial charge in [0.25, 0.3) is 0 Å². The molecule has 0 radical (unpaired) electrons. The standard InChI is InChI=1S/C8H16N2O/c1-9-5-8-7(9)6-10(8)3-4-11-2/h7-8H,3-6H2,1-2H3. The van der Waals surface area contributed by atoms with E-state index in [2.05, 4.69) is 16.8 Å². The van der Waals surface area contributed by atoms with Crippen LogP contribution in [0.5, 0.6) is 0 Å². The average molecular weight is 156 g/mol. The number of hydrogen-bond donors (Lipinski definition) is 0. The van der Waals surface area contributed by atoms with Gasteiger partial charge in [0.1, 0.15) is 0 Å². The van der Waals surface area contributed by atoms with Gasteiger partial charge in [0.05, 0.1) is 6.61 Å². The molecular weight excluding hydrogens is 140 g/mol. The van der Waals surface area contributed by atoms with Gasteiger partial charge in [0, 0.05) is 38.8 Å². The number of piperazine rings is 1. The SMILES string of the molecule is COCCN1CC2C1CN2C. The summed E-state index contributed by atoms with van der Waals surface area (Å²) in [5.41, 5.74) is 0. The molecule has 2 fully saturated rings. The van der Waals surface area contributed by atoms with E-state index in [0.717, 1.165) is 25.2 Å². The van der Waals surface area contributed by atoms with Crippen LogP contribution in [0.15, 0.2) is 0 Å². The van der Waals surface area contributed by atoms with Crippen LogP contribution in [-0.4, -0.2) is 62.3 Å². The van der Waals surface area contributed by atoms with Gasteiger partial charge in [-0.05, 0) is 7.05 Å². The Morgan fingerprint density at radius 1 is 1.36 bits per heavy atom. The normalized spacial score (nSPS) is 37.6. The molecule has 2 saturated heterocycles. The quantitative estimate of drug-likeness (QED) is 0.554. The Morgan fingerprint density at radius 2 is 2.18 bits per heavy atom.